The first-order valence-electron chi connectivity index (χ1n) is 7.31. The molecule has 0 radical (unpaired) electrons. The average molecular weight is 329 g/mol. The van der Waals surface area contributed by atoms with Crippen LogP contribution in [0.5, 0.6) is 0 Å². The minimum atomic E-state index is -4.27. The van der Waals surface area contributed by atoms with Gasteiger partial charge >= 0.3 is 0 Å². The average Bonchev–Trinajstić information content (AvgIpc) is 2.54. The molecular formula is C18H19NO3S. The van der Waals surface area contributed by atoms with Crippen molar-refractivity contribution < 1.29 is 17.5 Å². The SMILES string of the molecule is CC[n+]1cccc2ccccc21.Cc1ccc(S(=O)(=O)[O-])cc1. The number of aromatic nitrogens is 1. The molecule has 0 saturated heterocycles. The van der Waals surface area contributed by atoms with Crippen molar-refractivity contribution in [3.05, 3.63) is 72.4 Å². The van der Waals surface area contributed by atoms with E-state index in [1.807, 2.05) is 6.92 Å². The molecule has 1 heterocycles. The third-order valence-electron chi connectivity index (χ3n) is 3.44. The highest BCUT2D eigenvalue weighted by atomic mass is 32.2. The van der Waals surface area contributed by atoms with Gasteiger partial charge in [-0.05, 0) is 38.1 Å². The number of pyridine rings is 1. The van der Waals surface area contributed by atoms with Crippen molar-refractivity contribution in [2.75, 3.05) is 0 Å². The third-order valence-corrected chi connectivity index (χ3v) is 4.29. The Balaban J connectivity index is 0.000000168. The van der Waals surface area contributed by atoms with Gasteiger partial charge in [-0.15, -0.1) is 0 Å². The van der Waals surface area contributed by atoms with Crippen molar-refractivity contribution in [3.8, 4) is 0 Å². The van der Waals surface area contributed by atoms with Gasteiger partial charge in [-0.3, -0.25) is 0 Å². The van der Waals surface area contributed by atoms with Crippen LogP contribution >= 0.6 is 0 Å². The number of rotatable bonds is 2. The minimum absolute atomic E-state index is 0.178. The molecule has 0 aliphatic carbocycles. The van der Waals surface area contributed by atoms with Gasteiger partial charge in [0.1, 0.15) is 16.7 Å². The summed E-state index contributed by atoms with van der Waals surface area (Å²) in [5.74, 6) is 0. The van der Waals surface area contributed by atoms with Crippen molar-refractivity contribution in [1.29, 1.82) is 0 Å². The smallest absolute Gasteiger partial charge is 0.212 e. The van der Waals surface area contributed by atoms with Crippen LogP contribution in [-0.4, -0.2) is 13.0 Å². The highest BCUT2D eigenvalue weighted by Crippen LogP contribution is 2.08. The summed E-state index contributed by atoms with van der Waals surface area (Å²) in [7, 11) is -4.27. The molecule has 0 saturated carbocycles. The number of fused-ring (bicyclic) bond motifs is 1. The first kappa shape index (κ1) is 17.1. The topological polar surface area (TPSA) is 61.1 Å². The van der Waals surface area contributed by atoms with E-state index >= 15 is 0 Å². The fourth-order valence-corrected chi connectivity index (χ4v) is 2.67. The van der Waals surface area contributed by atoms with E-state index in [4.69, 9.17) is 0 Å². The van der Waals surface area contributed by atoms with E-state index in [1.54, 1.807) is 12.1 Å². The zero-order valence-electron chi connectivity index (χ0n) is 13.1. The predicted octanol–water partition coefficient (Wildman–Crippen LogP) is 3.05. The molecule has 3 aromatic rings. The zero-order valence-corrected chi connectivity index (χ0v) is 14.0. The molecule has 0 aliphatic rings. The number of benzene rings is 2. The summed E-state index contributed by atoms with van der Waals surface area (Å²) in [4.78, 5) is -0.178. The Labute approximate surface area is 136 Å². The molecule has 0 amide bonds. The van der Waals surface area contributed by atoms with Gasteiger partial charge in [-0.2, -0.15) is 4.57 Å². The van der Waals surface area contributed by atoms with E-state index in [0.717, 1.165) is 12.1 Å². The second kappa shape index (κ2) is 7.35. The summed E-state index contributed by atoms with van der Waals surface area (Å²) >= 11 is 0. The van der Waals surface area contributed by atoms with Crippen molar-refractivity contribution in [3.63, 3.8) is 0 Å². The Kier molecular flexibility index (Phi) is 5.47. The Morgan fingerprint density at radius 2 is 1.57 bits per heavy atom. The van der Waals surface area contributed by atoms with Crippen LogP contribution < -0.4 is 4.57 Å². The molecule has 4 nitrogen and oxygen atoms in total. The van der Waals surface area contributed by atoms with E-state index in [-0.39, 0.29) is 4.90 Å². The summed E-state index contributed by atoms with van der Waals surface area (Å²) in [6.07, 6.45) is 2.11. The number of hydrogen-bond donors (Lipinski definition) is 0. The van der Waals surface area contributed by atoms with Crippen molar-refractivity contribution >= 4 is 21.0 Å². The molecule has 0 bridgehead atoms. The van der Waals surface area contributed by atoms with E-state index in [1.165, 1.54) is 23.0 Å². The van der Waals surface area contributed by atoms with Crippen LogP contribution in [0.25, 0.3) is 10.9 Å². The van der Waals surface area contributed by atoms with E-state index in [0.29, 0.717) is 0 Å². The second-order valence-electron chi connectivity index (χ2n) is 5.12. The van der Waals surface area contributed by atoms with Gasteiger partial charge in [0.2, 0.25) is 5.52 Å². The summed E-state index contributed by atoms with van der Waals surface area (Å²) in [6, 6.07) is 18.5. The maximum atomic E-state index is 10.4. The molecule has 2 aromatic carbocycles. The third kappa shape index (κ3) is 4.61. The van der Waals surface area contributed by atoms with Gasteiger partial charge < -0.3 is 4.55 Å². The molecule has 3 rings (SSSR count). The zero-order chi connectivity index (χ0) is 16.9. The van der Waals surface area contributed by atoms with Crippen molar-refractivity contribution in [2.45, 2.75) is 25.3 Å². The van der Waals surface area contributed by atoms with Crippen molar-refractivity contribution in [2.24, 2.45) is 0 Å². The van der Waals surface area contributed by atoms with Gasteiger partial charge in [0.15, 0.2) is 6.20 Å². The molecule has 5 heteroatoms. The minimum Gasteiger partial charge on any atom is -0.744 e. The summed E-state index contributed by atoms with van der Waals surface area (Å²) in [5.41, 5.74) is 2.24. The van der Waals surface area contributed by atoms with E-state index < -0.39 is 10.1 Å². The Hall–Kier alpha value is -2.24. The first-order chi connectivity index (χ1) is 10.9. The Morgan fingerprint density at radius 1 is 0.957 bits per heavy atom. The lowest BCUT2D eigenvalue weighted by Crippen LogP contribution is -2.32. The number of nitrogens with zero attached hydrogens (tertiary/aromatic N) is 1. The Bertz CT molecular complexity index is 882. The van der Waals surface area contributed by atoms with Gasteiger partial charge in [0, 0.05) is 17.5 Å². The van der Waals surface area contributed by atoms with Crippen LogP contribution in [0.3, 0.4) is 0 Å². The molecule has 0 spiro atoms. The summed E-state index contributed by atoms with van der Waals surface area (Å²) in [6.45, 7) is 5.01. The summed E-state index contributed by atoms with van der Waals surface area (Å²) in [5, 5.41) is 1.31. The van der Waals surface area contributed by atoms with Gasteiger partial charge in [-0.25, -0.2) is 8.42 Å². The second-order valence-corrected chi connectivity index (χ2v) is 6.50. The van der Waals surface area contributed by atoms with Gasteiger partial charge in [-0.1, -0.05) is 29.8 Å². The van der Waals surface area contributed by atoms with Crippen LogP contribution in [0, 0.1) is 6.92 Å². The van der Waals surface area contributed by atoms with Crippen LogP contribution in [0.4, 0.5) is 0 Å². The highest BCUT2D eigenvalue weighted by molar-refractivity contribution is 7.85. The molecule has 23 heavy (non-hydrogen) atoms. The number of aryl methyl sites for hydroxylation is 2. The van der Waals surface area contributed by atoms with E-state index in [9.17, 15) is 13.0 Å². The maximum Gasteiger partial charge on any atom is 0.212 e. The monoisotopic (exact) mass is 329 g/mol. The lowest BCUT2D eigenvalue weighted by Gasteiger charge is -2.05. The fraction of sp³-hybridized carbons (Fsp3) is 0.167. The normalized spacial score (nSPS) is 10.9. The standard InChI is InChI=1S/C11H12N.C7H8O3S/c1-2-12-9-5-7-10-6-3-4-8-11(10)12;1-6-2-4-7(5-3-6)11(8,9)10/h3-9H,2H2,1H3;2-5H,1H3,(H,8,9,10)/q+1;/p-1. The van der Waals surface area contributed by atoms with Crippen LogP contribution in [-0.2, 0) is 16.7 Å². The molecule has 0 unspecified atom stereocenters. The molecule has 0 N–H and O–H groups in total. The highest BCUT2D eigenvalue weighted by Gasteiger charge is 2.02. The molecule has 0 fully saturated rings. The van der Waals surface area contributed by atoms with Crippen LogP contribution in [0.2, 0.25) is 0 Å². The van der Waals surface area contributed by atoms with Gasteiger partial charge in [0.05, 0.1) is 4.90 Å². The van der Waals surface area contributed by atoms with Gasteiger partial charge in [0.25, 0.3) is 0 Å². The Morgan fingerprint density at radius 3 is 2.17 bits per heavy atom. The summed E-state index contributed by atoms with van der Waals surface area (Å²) < 4.78 is 33.4. The first-order valence-corrected chi connectivity index (χ1v) is 8.72. The van der Waals surface area contributed by atoms with Crippen LogP contribution in [0.15, 0.2) is 71.8 Å². The maximum absolute atomic E-state index is 10.4. The fourth-order valence-electron chi connectivity index (χ4n) is 2.20. The van der Waals surface area contributed by atoms with E-state index in [2.05, 4.69) is 54.1 Å². The largest absolute Gasteiger partial charge is 0.744 e. The molecule has 1 aromatic heterocycles. The molecule has 120 valence electrons. The quantitative estimate of drug-likeness (QED) is 0.536. The molecule has 0 atom stereocenters. The lowest BCUT2D eigenvalue weighted by atomic mass is 10.2. The molecular weight excluding hydrogens is 310 g/mol. The number of hydrogen-bond acceptors (Lipinski definition) is 3. The predicted molar refractivity (Wildman–Crippen MR) is 89.0 cm³/mol. The molecule has 0 aliphatic heterocycles. The number of para-hydroxylation sites is 1. The van der Waals surface area contributed by atoms with Crippen LogP contribution in [0.1, 0.15) is 12.5 Å². The van der Waals surface area contributed by atoms with Crippen molar-refractivity contribution in [1.82, 2.24) is 0 Å². The lowest BCUT2D eigenvalue weighted by molar-refractivity contribution is -0.667.